The van der Waals surface area contributed by atoms with Crippen molar-refractivity contribution < 1.29 is 4.39 Å². The lowest BCUT2D eigenvalue weighted by Gasteiger charge is -2.38. The lowest BCUT2D eigenvalue weighted by Crippen LogP contribution is -2.52. The zero-order valence-electron chi connectivity index (χ0n) is 12.2. The third-order valence-corrected chi connectivity index (χ3v) is 4.72. The molecule has 19 heavy (non-hydrogen) atoms. The first kappa shape index (κ1) is 14.5. The molecule has 1 aliphatic heterocycles. The maximum atomic E-state index is 13.8. The number of hydrogen-bond acceptors (Lipinski definition) is 2. The lowest BCUT2D eigenvalue weighted by atomic mass is 9.91. The van der Waals surface area contributed by atoms with Gasteiger partial charge in [-0.25, -0.2) is 4.39 Å². The van der Waals surface area contributed by atoms with Crippen LogP contribution < -0.4 is 5.73 Å². The quantitative estimate of drug-likeness (QED) is 0.906. The highest BCUT2D eigenvalue weighted by Gasteiger charge is 2.38. The Labute approximate surface area is 115 Å². The van der Waals surface area contributed by atoms with Crippen LogP contribution in [-0.4, -0.2) is 30.1 Å². The Morgan fingerprint density at radius 3 is 2.37 bits per heavy atom. The number of nitrogens with zero attached hydrogens (tertiary/aromatic N) is 1. The average molecular weight is 264 g/mol. The lowest BCUT2D eigenvalue weighted by molar-refractivity contribution is 0.134. The van der Waals surface area contributed by atoms with Gasteiger partial charge in [-0.15, -0.1) is 0 Å². The molecule has 1 aromatic rings. The van der Waals surface area contributed by atoms with Crippen molar-refractivity contribution >= 4 is 0 Å². The maximum Gasteiger partial charge on any atom is 0.126 e. The van der Waals surface area contributed by atoms with Gasteiger partial charge >= 0.3 is 0 Å². The second kappa shape index (κ2) is 5.59. The predicted molar refractivity (Wildman–Crippen MR) is 77.5 cm³/mol. The molecule has 0 spiro atoms. The van der Waals surface area contributed by atoms with Crippen LogP contribution in [0.5, 0.6) is 0 Å². The van der Waals surface area contributed by atoms with Crippen molar-refractivity contribution in [2.24, 2.45) is 17.6 Å². The SMILES string of the molecule is CC1CN(C(C)(CN)Cc2ccccc2F)CC1C. The normalized spacial score (nSPS) is 27.4. The van der Waals surface area contributed by atoms with E-state index in [4.69, 9.17) is 5.73 Å². The second-order valence-corrected chi connectivity index (χ2v) is 6.33. The molecule has 106 valence electrons. The first-order valence-electron chi connectivity index (χ1n) is 7.15. The van der Waals surface area contributed by atoms with Crippen LogP contribution in [0.3, 0.4) is 0 Å². The molecule has 1 heterocycles. The van der Waals surface area contributed by atoms with E-state index in [1.807, 2.05) is 12.1 Å². The Hall–Kier alpha value is -0.930. The molecule has 1 fully saturated rings. The maximum absolute atomic E-state index is 13.8. The average Bonchev–Trinajstić information content (AvgIpc) is 2.73. The summed E-state index contributed by atoms with van der Waals surface area (Å²) in [6, 6.07) is 7.02. The summed E-state index contributed by atoms with van der Waals surface area (Å²) in [6.45, 7) is 9.40. The smallest absolute Gasteiger partial charge is 0.126 e. The molecular weight excluding hydrogens is 239 g/mol. The van der Waals surface area contributed by atoms with Gasteiger partial charge in [0.25, 0.3) is 0 Å². The summed E-state index contributed by atoms with van der Waals surface area (Å²) >= 11 is 0. The topological polar surface area (TPSA) is 29.3 Å². The van der Waals surface area contributed by atoms with Gasteiger partial charge in [0.15, 0.2) is 0 Å². The molecule has 2 N–H and O–H groups in total. The van der Waals surface area contributed by atoms with Gasteiger partial charge in [0.1, 0.15) is 5.82 Å². The molecule has 1 aliphatic rings. The van der Waals surface area contributed by atoms with Gasteiger partial charge in [-0.1, -0.05) is 32.0 Å². The van der Waals surface area contributed by atoms with E-state index in [1.165, 1.54) is 6.07 Å². The van der Waals surface area contributed by atoms with Gasteiger partial charge in [0.2, 0.25) is 0 Å². The number of rotatable bonds is 4. The van der Waals surface area contributed by atoms with E-state index in [0.29, 0.717) is 24.8 Å². The number of halogens is 1. The molecule has 3 atom stereocenters. The van der Waals surface area contributed by atoms with Crippen LogP contribution >= 0.6 is 0 Å². The van der Waals surface area contributed by atoms with Crippen molar-refractivity contribution in [2.45, 2.75) is 32.7 Å². The number of nitrogens with two attached hydrogens (primary N) is 1. The van der Waals surface area contributed by atoms with E-state index < -0.39 is 0 Å². The molecule has 3 heteroatoms. The van der Waals surface area contributed by atoms with E-state index in [-0.39, 0.29) is 11.4 Å². The Balaban J connectivity index is 2.17. The third kappa shape index (κ3) is 2.98. The molecule has 0 aliphatic carbocycles. The Morgan fingerprint density at radius 1 is 1.26 bits per heavy atom. The van der Waals surface area contributed by atoms with E-state index in [9.17, 15) is 4.39 Å². The molecule has 2 rings (SSSR count). The fourth-order valence-electron chi connectivity index (χ4n) is 2.94. The highest BCUT2D eigenvalue weighted by atomic mass is 19.1. The van der Waals surface area contributed by atoms with Crippen molar-refractivity contribution in [2.75, 3.05) is 19.6 Å². The summed E-state index contributed by atoms with van der Waals surface area (Å²) in [5.41, 5.74) is 6.63. The predicted octanol–water partition coefficient (Wildman–Crippen LogP) is 2.67. The zero-order chi connectivity index (χ0) is 14.0. The molecule has 1 aromatic carbocycles. The van der Waals surface area contributed by atoms with Gasteiger partial charge < -0.3 is 5.73 Å². The summed E-state index contributed by atoms with van der Waals surface area (Å²) in [5, 5.41) is 0. The summed E-state index contributed by atoms with van der Waals surface area (Å²) < 4.78 is 13.8. The summed E-state index contributed by atoms with van der Waals surface area (Å²) in [5.74, 6) is 1.25. The standard InChI is InChI=1S/C16H25FN2/c1-12-9-19(10-13(12)2)16(3,11-18)8-14-6-4-5-7-15(14)17/h4-7,12-13H,8-11,18H2,1-3H3. The van der Waals surface area contributed by atoms with Crippen LogP contribution in [0.4, 0.5) is 4.39 Å². The molecule has 0 bridgehead atoms. The molecular formula is C16H25FN2. The van der Waals surface area contributed by atoms with Crippen molar-refractivity contribution in [3.63, 3.8) is 0 Å². The first-order valence-corrected chi connectivity index (χ1v) is 7.15. The summed E-state index contributed by atoms with van der Waals surface area (Å²) in [6.07, 6.45) is 0.676. The van der Waals surface area contributed by atoms with Crippen molar-refractivity contribution in [1.82, 2.24) is 4.90 Å². The van der Waals surface area contributed by atoms with Crippen LogP contribution in [0.25, 0.3) is 0 Å². The van der Waals surface area contributed by atoms with Crippen LogP contribution in [0, 0.1) is 17.7 Å². The van der Waals surface area contributed by atoms with Crippen molar-refractivity contribution in [3.8, 4) is 0 Å². The molecule has 0 saturated carbocycles. The number of benzene rings is 1. The molecule has 3 unspecified atom stereocenters. The minimum atomic E-state index is -0.152. The number of likely N-dealkylation sites (tertiary alicyclic amines) is 1. The fraction of sp³-hybridized carbons (Fsp3) is 0.625. The first-order chi connectivity index (χ1) is 8.96. The monoisotopic (exact) mass is 264 g/mol. The Morgan fingerprint density at radius 2 is 1.84 bits per heavy atom. The van der Waals surface area contributed by atoms with Crippen LogP contribution in [0.2, 0.25) is 0 Å². The summed E-state index contributed by atoms with van der Waals surface area (Å²) in [7, 11) is 0. The Bertz CT molecular complexity index is 425. The molecule has 1 saturated heterocycles. The van der Waals surface area contributed by atoms with Crippen LogP contribution in [0.1, 0.15) is 26.3 Å². The van der Waals surface area contributed by atoms with Crippen LogP contribution in [-0.2, 0) is 6.42 Å². The third-order valence-electron chi connectivity index (χ3n) is 4.72. The minimum Gasteiger partial charge on any atom is -0.329 e. The number of hydrogen-bond donors (Lipinski definition) is 1. The molecule has 0 amide bonds. The summed E-state index contributed by atoms with van der Waals surface area (Å²) in [4.78, 5) is 2.44. The van der Waals surface area contributed by atoms with E-state index in [2.05, 4.69) is 25.7 Å². The fourth-order valence-corrected chi connectivity index (χ4v) is 2.94. The van der Waals surface area contributed by atoms with Gasteiger partial charge in [-0.2, -0.15) is 0 Å². The zero-order valence-corrected chi connectivity index (χ0v) is 12.2. The van der Waals surface area contributed by atoms with Gasteiger partial charge in [0.05, 0.1) is 0 Å². The largest absolute Gasteiger partial charge is 0.329 e. The van der Waals surface area contributed by atoms with Crippen molar-refractivity contribution in [3.05, 3.63) is 35.6 Å². The van der Waals surface area contributed by atoms with E-state index >= 15 is 0 Å². The van der Waals surface area contributed by atoms with E-state index in [1.54, 1.807) is 6.07 Å². The Kier molecular flexibility index (Phi) is 4.26. The highest BCUT2D eigenvalue weighted by Crippen LogP contribution is 2.31. The minimum absolute atomic E-state index is 0.123. The second-order valence-electron chi connectivity index (χ2n) is 6.33. The van der Waals surface area contributed by atoms with E-state index in [0.717, 1.165) is 18.7 Å². The molecule has 2 nitrogen and oxygen atoms in total. The molecule has 0 radical (unpaired) electrons. The van der Waals surface area contributed by atoms with Crippen molar-refractivity contribution in [1.29, 1.82) is 0 Å². The van der Waals surface area contributed by atoms with Gasteiger partial charge in [-0.05, 0) is 36.8 Å². The van der Waals surface area contributed by atoms with Gasteiger partial charge in [0, 0.05) is 25.2 Å². The van der Waals surface area contributed by atoms with Crippen LogP contribution in [0.15, 0.2) is 24.3 Å². The van der Waals surface area contributed by atoms with Gasteiger partial charge in [-0.3, -0.25) is 4.90 Å². The molecule has 0 aromatic heterocycles. The highest BCUT2D eigenvalue weighted by molar-refractivity contribution is 5.20.